The SMILES string of the molecule is CN1CCN(C(=O)c2ccc(NC(=O)[C@H](Cc3ccccc3)NS(=O)(=O)c3ccc(F)cc3)cc2)CC1. The smallest absolute Gasteiger partial charge is 0.253 e. The number of hydrogen-bond acceptors (Lipinski definition) is 5. The van der Waals surface area contributed by atoms with Gasteiger partial charge in [0.1, 0.15) is 11.9 Å². The van der Waals surface area contributed by atoms with E-state index in [0.717, 1.165) is 42.9 Å². The summed E-state index contributed by atoms with van der Waals surface area (Å²) < 4.78 is 41.6. The first-order chi connectivity index (χ1) is 17.7. The quantitative estimate of drug-likeness (QED) is 0.472. The zero-order valence-electron chi connectivity index (χ0n) is 20.4. The van der Waals surface area contributed by atoms with Crippen molar-refractivity contribution in [2.45, 2.75) is 17.4 Å². The van der Waals surface area contributed by atoms with Crippen molar-refractivity contribution >= 4 is 27.5 Å². The number of nitrogens with one attached hydrogen (secondary N) is 2. The van der Waals surface area contributed by atoms with Crippen LogP contribution in [0.15, 0.2) is 83.8 Å². The molecule has 2 amide bonds. The van der Waals surface area contributed by atoms with Gasteiger partial charge in [-0.05, 0) is 67.6 Å². The van der Waals surface area contributed by atoms with E-state index in [4.69, 9.17) is 0 Å². The topological polar surface area (TPSA) is 98.8 Å². The molecular weight excluding hydrogens is 495 g/mol. The minimum absolute atomic E-state index is 0.0695. The molecule has 194 valence electrons. The largest absolute Gasteiger partial charge is 0.336 e. The van der Waals surface area contributed by atoms with Gasteiger partial charge in [0, 0.05) is 37.4 Å². The fourth-order valence-electron chi connectivity index (χ4n) is 4.02. The van der Waals surface area contributed by atoms with E-state index in [1.54, 1.807) is 53.4 Å². The third-order valence-corrected chi connectivity index (χ3v) is 7.70. The van der Waals surface area contributed by atoms with Crippen LogP contribution >= 0.6 is 0 Å². The maximum atomic E-state index is 13.3. The first kappa shape index (κ1) is 26.5. The summed E-state index contributed by atoms with van der Waals surface area (Å²) in [5.41, 5.74) is 1.71. The standard InChI is InChI=1S/C27H29FN4O4S/c1-31-15-17-32(18-16-31)27(34)21-7-11-23(12-8-21)29-26(33)25(19-20-5-3-2-4-6-20)30-37(35,36)24-13-9-22(28)10-14-24/h2-14,25,30H,15-19H2,1H3,(H,29,33)/t25-/m0/s1. The lowest BCUT2D eigenvalue weighted by atomic mass is 10.1. The summed E-state index contributed by atoms with van der Waals surface area (Å²) in [5, 5.41) is 2.74. The molecule has 1 atom stereocenters. The molecule has 1 aliphatic heterocycles. The zero-order chi connectivity index (χ0) is 26.4. The second kappa shape index (κ2) is 11.6. The van der Waals surface area contributed by atoms with Gasteiger partial charge in [0.25, 0.3) is 5.91 Å². The molecule has 1 heterocycles. The van der Waals surface area contributed by atoms with E-state index in [-0.39, 0.29) is 17.2 Å². The molecule has 10 heteroatoms. The van der Waals surface area contributed by atoms with Crippen LogP contribution in [0.25, 0.3) is 0 Å². The molecule has 4 rings (SSSR count). The average molecular weight is 525 g/mol. The number of piperazine rings is 1. The number of carbonyl (C=O) groups is 2. The van der Waals surface area contributed by atoms with Gasteiger partial charge >= 0.3 is 0 Å². The molecule has 0 radical (unpaired) electrons. The molecule has 2 N–H and O–H groups in total. The minimum Gasteiger partial charge on any atom is -0.336 e. The van der Waals surface area contributed by atoms with Gasteiger partial charge in [0.15, 0.2) is 0 Å². The average Bonchev–Trinajstić information content (AvgIpc) is 2.89. The highest BCUT2D eigenvalue weighted by atomic mass is 32.2. The van der Waals surface area contributed by atoms with Crippen LogP contribution in [0, 0.1) is 5.82 Å². The normalized spacial score (nSPS) is 15.2. The van der Waals surface area contributed by atoms with Gasteiger partial charge in [-0.3, -0.25) is 9.59 Å². The highest BCUT2D eigenvalue weighted by Crippen LogP contribution is 2.16. The van der Waals surface area contributed by atoms with Crippen molar-refractivity contribution in [3.05, 3.63) is 95.8 Å². The highest BCUT2D eigenvalue weighted by molar-refractivity contribution is 7.89. The molecule has 0 aromatic heterocycles. The number of likely N-dealkylation sites (N-methyl/N-ethyl adjacent to an activating group) is 1. The Morgan fingerprint density at radius 1 is 0.892 bits per heavy atom. The molecule has 0 bridgehead atoms. The molecule has 1 fully saturated rings. The number of sulfonamides is 1. The van der Waals surface area contributed by atoms with Gasteiger partial charge in [0.2, 0.25) is 15.9 Å². The Hall–Kier alpha value is -3.60. The maximum Gasteiger partial charge on any atom is 0.253 e. The number of halogens is 1. The Bertz CT molecular complexity index is 1330. The van der Waals surface area contributed by atoms with E-state index in [9.17, 15) is 22.4 Å². The molecule has 0 spiro atoms. The Balaban J connectivity index is 1.48. The van der Waals surface area contributed by atoms with Crippen molar-refractivity contribution in [1.82, 2.24) is 14.5 Å². The van der Waals surface area contributed by atoms with Gasteiger partial charge in [0.05, 0.1) is 4.90 Å². The number of amides is 2. The van der Waals surface area contributed by atoms with Crippen LogP contribution in [-0.2, 0) is 21.2 Å². The number of nitrogens with zero attached hydrogens (tertiary/aromatic N) is 2. The van der Waals surface area contributed by atoms with Crippen LogP contribution in [-0.4, -0.2) is 69.3 Å². The first-order valence-electron chi connectivity index (χ1n) is 11.9. The summed E-state index contributed by atoms with van der Waals surface area (Å²) in [4.78, 5) is 29.8. The summed E-state index contributed by atoms with van der Waals surface area (Å²) >= 11 is 0. The van der Waals surface area contributed by atoms with E-state index in [1.165, 1.54) is 0 Å². The van der Waals surface area contributed by atoms with Crippen LogP contribution < -0.4 is 10.0 Å². The molecule has 0 unspecified atom stereocenters. The minimum atomic E-state index is -4.10. The predicted molar refractivity (Wildman–Crippen MR) is 139 cm³/mol. The van der Waals surface area contributed by atoms with Crippen LogP contribution in [0.1, 0.15) is 15.9 Å². The lowest BCUT2D eigenvalue weighted by molar-refractivity contribution is -0.117. The monoisotopic (exact) mass is 524 g/mol. The zero-order valence-corrected chi connectivity index (χ0v) is 21.2. The number of anilines is 1. The second-order valence-electron chi connectivity index (χ2n) is 8.98. The van der Waals surface area contributed by atoms with Gasteiger partial charge in [-0.1, -0.05) is 30.3 Å². The summed E-state index contributed by atoms with van der Waals surface area (Å²) in [7, 11) is -2.08. The van der Waals surface area contributed by atoms with E-state index >= 15 is 0 Å². The lowest BCUT2D eigenvalue weighted by Gasteiger charge is -2.32. The van der Waals surface area contributed by atoms with Gasteiger partial charge in [-0.25, -0.2) is 12.8 Å². The van der Waals surface area contributed by atoms with Crippen molar-refractivity contribution < 1.29 is 22.4 Å². The molecule has 37 heavy (non-hydrogen) atoms. The third kappa shape index (κ3) is 7.00. The van der Waals surface area contributed by atoms with Gasteiger partial charge in [-0.2, -0.15) is 4.72 Å². The molecular formula is C27H29FN4O4S. The number of carbonyl (C=O) groups excluding carboxylic acids is 2. The summed E-state index contributed by atoms with van der Waals surface area (Å²) in [6.07, 6.45) is 0.104. The number of benzene rings is 3. The fourth-order valence-corrected chi connectivity index (χ4v) is 5.22. The lowest BCUT2D eigenvalue weighted by Crippen LogP contribution is -2.47. The molecule has 3 aromatic carbocycles. The molecule has 8 nitrogen and oxygen atoms in total. The van der Waals surface area contributed by atoms with E-state index < -0.39 is 27.8 Å². The van der Waals surface area contributed by atoms with E-state index in [0.29, 0.717) is 24.3 Å². The number of rotatable bonds is 8. The van der Waals surface area contributed by atoms with E-state index in [1.807, 2.05) is 13.1 Å². The van der Waals surface area contributed by atoms with Crippen LogP contribution in [0.4, 0.5) is 10.1 Å². The fraction of sp³-hybridized carbons (Fsp3) is 0.259. The molecule has 0 saturated carbocycles. The molecule has 0 aliphatic carbocycles. The van der Waals surface area contributed by atoms with Crippen LogP contribution in [0.5, 0.6) is 0 Å². The van der Waals surface area contributed by atoms with Crippen molar-refractivity contribution in [2.24, 2.45) is 0 Å². The van der Waals surface area contributed by atoms with E-state index in [2.05, 4.69) is 14.9 Å². The molecule has 1 aliphatic rings. The van der Waals surface area contributed by atoms with Crippen molar-refractivity contribution in [2.75, 3.05) is 38.5 Å². The first-order valence-corrected chi connectivity index (χ1v) is 13.4. The van der Waals surface area contributed by atoms with Gasteiger partial charge in [-0.15, -0.1) is 0 Å². The molecule has 1 saturated heterocycles. The van der Waals surface area contributed by atoms with Crippen LogP contribution in [0.3, 0.4) is 0 Å². The summed E-state index contributed by atoms with van der Waals surface area (Å²) in [6.45, 7) is 2.94. The highest BCUT2D eigenvalue weighted by Gasteiger charge is 2.27. The van der Waals surface area contributed by atoms with Crippen molar-refractivity contribution in [3.63, 3.8) is 0 Å². The summed E-state index contributed by atoms with van der Waals surface area (Å²) in [5.74, 6) is -1.19. The van der Waals surface area contributed by atoms with Crippen LogP contribution in [0.2, 0.25) is 0 Å². The number of hydrogen-bond donors (Lipinski definition) is 2. The Morgan fingerprint density at radius 2 is 1.51 bits per heavy atom. The van der Waals surface area contributed by atoms with Crippen molar-refractivity contribution in [1.29, 1.82) is 0 Å². The maximum absolute atomic E-state index is 13.3. The van der Waals surface area contributed by atoms with Gasteiger partial charge < -0.3 is 15.1 Å². The Labute approximate surface area is 216 Å². The predicted octanol–water partition coefficient (Wildman–Crippen LogP) is 2.74. The summed E-state index contributed by atoms with van der Waals surface area (Å²) in [6, 6.07) is 18.8. The third-order valence-electron chi connectivity index (χ3n) is 6.21. The molecule has 3 aromatic rings. The Morgan fingerprint density at radius 3 is 2.14 bits per heavy atom. The second-order valence-corrected chi connectivity index (χ2v) is 10.7. The van der Waals surface area contributed by atoms with Crippen molar-refractivity contribution in [3.8, 4) is 0 Å². The Kier molecular flexibility index (Phi) is 8.32.